The van der Waals surface area contributed by atoms with E-state index >= 15 is 0 Å². The summed E-state index contributed by atoms with van der Waals surface area (Å²) in [4.78, 5) is 7.14. The van der Waals surface area contributed by atoms with E-state index in [9.17, 15) is 0 Å². The first kappa shape index (κ1) is 16.1. The first-order valence-electron chi connectivity index (χ1n) is 9.12. The highest BCUT2D eigenvalue weighted by molar-refractivity contribution is 5.80. The molecule has 0 atom stereocenters. The summed E-state index contributed by atoms with van der Waals surface area (Å²) in [7, 11) is 1.89. The van der Waals surface area contributed by atoms with Gasteiger partial charge in [-0.1, -0.05) is 12.8 Å². The van der Waals surface area contributed by atoms with Crippen LogP contribution in [-0.2, 0) is 4.74 Å². The van der Waals surface area contributed by atoms with Crippen molar-refractivity contribution in [3.05, 3.63) is 0 Å². The van der Waals surface area contributed by atoms with Crippen molar-refractivity contribution < 1.29 is 4.74 Å². The van der Waals surface area contributed by atoms with Crippen LogP contribution in [-0.4, -0.2) is 62.3 Å². The van der Waals surface area contributed by atoms with Crippen LogP contribution in [0.2, 0.25) is 0 Å². The third-order valence-corrected chi connectivity index (χ3v) is 5.70. The lowest BCUT2D eigenvalue weighted by molar-refractivity contribution is -0.0164. The third-order valence-electron chi connectivity index (χ3n) is 5.70. The Morgan fingerprint density at radius 2 is 1.82 bits per heavy atom. The molecule has 0 unspecified atom stereocenters. The molecule has 22 heavy (non-hydrogen) atoms. The molecular formula is C17H32N4O. The quantitative estimate of drug-likeness (QED) is 0.613. The van der Waals surface area contributed by atoms with E-state index in [4.69, 9.17) is 4.74 Å². The zero-order chi connectivity index (χ0) is 15.3. The van der Waals surface area contributed by atoms with Crippen molar-refractivity contribution in [1.29, 1.82) is 0 Å². The van der Waals surface area contributed by atoms with Crippen molar-refractivity contribution in [3.63, 3.8) is 0 Å². The van der Waals surface area contributed by atoms with E-state index in [0.29, 0.717) is 6.04 Å². The van der Waals surface area contributed by atoms with Crippen LogP contribution in [0.3, 0.4) is 0 Å². The van der Waals surface area contributed by atoms with E-state index in [1.807, 2.05) is 7.05 Å². The van der Waals surface area contributed by atoms with Gasteiger partial charge in [-0.2, -0.15) is 0 Å². The maximum Gasteiger partial charge on any atom is 0.191 e. The van der Waals surface area contributed by atoms with Crippen molar-refractivity contribution in [1.82, 2.24) is 15.5 Å². The van der Waals surface area contributed by atoms with Crippen LogP contribution in [0.15, 0.2) is 4.99 Å². The number of aliphatic imine (C=N–C) groups is 1. The number of rotatable bonds is 4. The molecule has 2 aliphatic heterocycles. The van der Waals surface area contributed by atoms with Crippen molar-refractivity contribution in [2.24, 2.45) is 4.99 Å². The number of nitrogens with one attached hydrogen (secondary N) is 2. The summed E-state index contributed by atoms with van der Waals surface area (Å²) in [6.45, 7) is 5.27. The van der Waals surface area contributed by atoms with Gasteiger partial charge in [0.25, 0.3) is 0 Å². The number of likely N-dealkylation sites (tertiary alicyclic amines) is 1. The number of guanidine groups is 1. The molecule has 3 fully saturated rings. The van der Waals surface area contributed by atoms with Crippen molar-refractivity contribution in [3.8, 4) is 0 Å². The fourth-order valence-corrected chi connectivity index (χ4v) is 4.25. The topological polar surface area (TPSA) is 48.9 Å². The van der Waals surface area contributed by atoms with E-state index < -0.39 is 0 Å². The normalized spacial score (nSPS) is 27.2. The minimum absolute atomic E-state index is 0.266. The molecule has 5 nitrogen and oxygen atoms in total. The summed E-state index contributed by atoms with van der Waals surface area (Å²) < 4.78 is 5.62. The predicted octanol–water partition coefficient (Wildman–Crippen LogP) is 1.74. The lowest BCUT2D eigenvalue weighted by atomic mass is 9.88. The molecule has 0 radical (unpaired) electrons. The Hall–Kier alpha value is -0.810. The molecule has 0 bridgehead atoms. The van der Waals surface area contributed by atoms with Gasteiger partial charge in [0.2, 0.25) is 0 Å². The third kappa shape index (κ3) is 3.74. The molecule has 0 aromatic heterocycles. The standard InChI is InChI=1S/C17H32N4O/c1-18-16(20-15-6-2-3-7-15)19-14-17(8-12-22-13-9-17)21-10-4-5-11-21/h15H,2-14H2,1H3,(H2,18,19,20). The van der Waals surface area contributed by atoms with Crippen LogP contribution in [0.4, 0.5) is 0 Å². The van der Waals surface area contributed by atoms with Gasteiger partial charge in [0.15, 0.2) is 5.96 Å². The van der Waals surface area contributed by atoms with Crippen LogP contribution in [0.5, 0.6) is 0 Å². The largest absolute Gasteiger partial charge is 0.381 e. The first-order valence-corrected chi connectivity index (χ1v) is 9.12. The van der Waals surface area contributed by atoms with E-state index in [-0.39, 0.29) is 5.54 Å². The van der Waals surface area contributed by atoms with Gasteiger partial charge in [-0.25, -0.2) is 0 Å². The van der Waals surface area contributed by atoms with Crippen LogP contribution < -0.4 is 10.6 Å². The molecule has 3 rings (SSSR count). The predicted molar refractivity (Wildman–Crippen MR) is 90.3 cm³/mol. The maximum atomic E-state index is 5.62. The second-order valence-corrected chi connectivity index (χ2v) is 7.08. The Morgan fingerprint density at radius 3 is 2.45 bits per heavy atom. The smallest absolute Gasteiger partial charge is 0.191 e. The molecular weight excluding hydrogens is 276 g/mol. The second kappa shape index (κ2) is 7.64. The Labute approximate surface area is 134 Å². The first-order chi connectivity index (χ1) is 10.8. The Morgan fingerprint density at radius 1 is 1.14 bits per heavy atom. The Balaban J connectivity index is 1.57. The highest BCUT2D eigenvalue weighted by Crippen LogP contribution is 2.30. The van der Waals surface area contributed by atoms with Crippen LogP contribution >= 0.6 is 0 Å². The van der Waals surface area contributed by atoms with Gasteiger partial charge in [-0.3, -0.25) is 9.89 Å². The molecule has 1 saturated carbocycles. The van der Waals surface area contributed by atoms with E-state index in [2.05, 4.69) is 20.5 Å². The fourth-order valence-electron chi connectivity index (χ4n) is 4.25. The van der Waals surface area contributed by atoms with Gasteiger partial charge < -0.3 is 15.4 Å². The molecule has 0 aromatic carbocycles. The molecule has 0 amide bonds. The average Bonchev–Trinajstić information content (AvgIpc) is 3.26. The van der Waals surface area contributed by atoms with Gasteiger partial charge in [0.1, 0.15) is 0 Å². The molecule has 0 spiro atoms. The molecule has 0 aromatic rings. The van der Waals surface area contributed by atoms with Crippen LogP contribution in [0.25, 0.3) is 0 Å². The zero-order valence-electron chi connectivity index (χ0n) is 14.1. The van der Waals surface area contributed by atoms with Crippen molar-refractivity contribution in [2.75, 3.05) is 39.9 Å². The monoisotopic (exact) mass is 308 g/mol. The molecule has 126 valence electrons. The van der Waals surface area contributed by atoms with Crippen molar-refractivity contribution in [2.45, 2.75) is 62.9 Å². The number of ether oxygens (including phenoxy) is 1. The highest BCUT2D eigenvalue weighted by atomic mass is 16.5. The summed E-state index contributed by atoms with van der Waals surface area (Å²) >= 11 is 0. The van der Waals surface area contributed by atoms with Gasteiger partial charge >= 0.3 is 0 Å². The van der Waals surface area contributed by atoms with E-state index in [0.717, 1.165) is 38.6 Å². The maximum absolute atomic E-state index is 5.62. The zero-order valence-corrected chi connectivity index (χ0v) is 14.1. The lowest BCUT2D eigenvalue weighted by Crippen LogP contribution is -2.59. The molecule has 2 N–H and O–H groups in total. The van der Waals surface area contributed by atoms with Gasteiger partial charge in [-0.15, -0.1) is 0 Å². The SMILES string of the molecule is CN=C(NCC1(N2CCCC2)CCOCC1)NC1CCCC1. The van der Waals surface area contributed by atoms with Gasteiger partial charge in [-0.05, 0) is 51.6 Å². The lowest BCUT2D eigenvalue weighted by Gasteiger charge is -2.45. The molecule has 1 aliphatic carbocycles. The van der Waals surface area contributed by atoms with Crippen LogP contribution in [0, 0.1) is 0 Å². The number of nitrogens with zero attached hydrogens (tertiary/aromatic N) is 2. The minimum atomic E-state index is 0.266. The summed E-state index contributed by atoms with van der Waals surface area (Å²) in [5.74, 6) is 0.983. The number of hydrogen-bond acceptors (Lipinski definition) is 3. The van der Waals surface area contributed by atoms with Gasteiger partial charge in [0, 0.05) is 38.4 Å². The van der Waals surface area contributed by atoms with Crippen LogP contribution in [0.1, 0.15) is 51.4 Å². The summed E-state index contributed by atoms with van der Waals surface area (Å²) in [5, 5.41) is 7.23. The molecule has 5 heteroatoms. The molecule has 2 heterocycles. The molecule has 3 aliphatic rings. The summed E-state index contributed by atoms with van der Waals surface area (Å²) in [6, 6.07) is 0.614. The summed E-state index contributed by atoms with van der Waals surface area (Å²) in [5.41, 5.74) is 0.266. The van der Waals surface area contributed by atoms with Gasteiger partial charge in [0.05, 0.1) is 0 Å². The minimum Gasteiger partial charge on any atom is -0.381 e. The van der Waals surface area contributed by atoms with E-state index in [1.165, 1.54) is 51.6 Å². The number of hydrogen-bond donors (Lipinski definition) is 2. The summed E-state index contributed by atoms with van der Waals surface area (Å²) in [6.07, 6.45) is 10.2. The highest BCUT2D eigenvalue weighted by Gasteiger charge is 2.39. The fraction of sp³-hybridized carbons (Fsp3) is 0.941. The molecule has 2 saturated heterocycles. The Kier molecular flexibility index (Phi) is 5.58. The second-order valence-electron chi connectivity index (χ2n) is 7.08. The van der Waals surface area contributed by atoms with E-state index in [1.54, 1.807) is 0 Å². The average molecular weight is 308 g/mol. The Bertz CT molecular complexity index is 367. The van der Waals surface area contributed by atoms with Crippen molar-refractivity contribution >= 4 is 5.96 Å².